The van der Waals surface area contributed by atoms with Gasteiger partial charge in [-0.25, -0.2) is 13.4 Å². The average Bonchev–Trinajstić information content (AvgIpc) is 2.52. The van der Waals surface area contributed by atoms with Gasteiger partial charge in [-0.3, -0.25) is 0 Å². The Morgan fingerprint density at radius 1 is 1.75 bits per heavy atom. The molecule has 0 aliphatic carbocycles. The highest BCUT2D eigenvalue weighted by atomic mass is 32.2. The van der Waals surface area contributed by atoms with Gasteiger partial charge in [-0.15, -0.1) is 11.3 Å². The van der Waals surface area contributed by atoms with E-state index < -0.39 is 9.84 Å². The first-order valence-electron chi connectivity index (χ1n) is 3.18. The topological polar surface area (TPSA) is 70.8 Å². The zero-order valence-electron chi connectivity index (χ0n) is 6.31. The van der Waals surface area contributed by atoms with Gasteiger partial charge >= 0.3 is 0 Å². The minimum atomic E-state index is -3.23. The lowest BCUT2D eigenvalue weighted by Crippen LogP contribution is -2.02. The van der Waals surface area contributed by atoms with E-state index in [1.807, 2.05) is 0 Å². The summed E-state index contributed by atoms with van der Waals surface area (Å²) in [6.45, 7) is 1.54. The Labute approximate surface area is 74.4 Å². The summed E-state index contributed by atoms with van der Waals surface area (Å²) in [6, 6.07) is 1.78. The summed E-state index contributed by atoms with van der Waals surface area (Å²) in [5.74, 6) is 0.0192. The molecule has 0 aliphatic heterocycles. The molecule has 64 valence electrons. The number of aromatic nitrogens is 1. The monoisotopic (exact) mass is 202 g/mol. The van der Waals surface area contributed by atoms with Crippen molar-refractivity contribution in [1.82, 2.24) is 4.98 Å². The number of hydrogen-bond donors (Lipinski definition) is 0. The highest BCUT2D eigenvalue weighted by molar-refractivity contribution is 7.93. The molecule has 1 heterocycles. The zero-order chi connectivity index (χ0) is 9.19. The minimum absolute atomic E-state index is 0.0192. The molecule has 0 aliphatic rings. The Bertz CT molecular complexity index is 413. The first kappa shape index (κ1) is 9.16. The van der Waals surface area contributed by atoms with Crippen LogP contribution in [0.25, 0.3) is 0 Å². The lowest BCUT2D eigenvalue weighted by atomic mass is 10.6. The van der Waals surface area contributed by atoms with Gasteiger partial charge in [0, 0.05) is 5.38 Å². The normalized spacial score (nSPS) is 11.0. The second-order valence-electron chi connectivity index (χ2n) is 2.01. The number of hydrogen-bond acceptors (Lipinski definition) is 5. The molecule has 1 aromatic heterocycles. The van der Waals surface area contributed by atoms with Crippen molar-refractivity contribution in [2.24, 2.45) is 0 Å². The summed E-state index contributed by atoms with van der Waals surface area (Å²) in [4.78, 5) is 3.64. The molecule has 0 aromatic carbocycles. The van der Waals surface area contributed by atoms with Gasteiger partial charge < -0.3 is 0 Å². The van der Waals surface area contributed by atoms with Crippen molar-refractivity contribution in [2.75, 3.05) is 5.75 Å². The second kappa shape index (κ2) is 3.21. The Morgan fingerprint density at radius 3 is 2.83 bits per heavy atom. The standard InChI is InChI=1S/C6H6N2O2S2/c1-2-12(9,10)6-8-5(3-7)4-11-6/h4H,2H2,1H3. The van der Waals surface area contributed by atoms with Crippen LogP contribution in [0.15, 0.2) is 9.72 Å². The number of rotatable bonds is 2. The highest BCUT2D eigenvalue weighted by Gasteiger charge is 2.15. The summed E-state index contributed by atoms with van der Waals surface area (Å²) < 4.78 is 22.4. The van der Waals surface area contributed by atoms with E-state index in [9.17, 15) is 8.42 Å². The van der Waals surface area contributed by atoms with Crippen LogP contribution < -0.4 is 0 Å². The number of sulfone groups is 1. The molecule has 0 atom stereocenters. The van der Waals surface area contributed by atoms with Crippen LogP contribution in [0.1, 0.15) is 12.6 Å². The summed E-state index contributed by atoms with van der Waals surface area (Å²) in [5.41, 5.74) is 0.159. The maximum atomic E-state index is 11.2. The molecule has 0 saturated heterocycles. The van der Waals surface area contributed by atoms with E-state index in [-0.39, 0.29) is 15.8 Å². The first-order chi connectivity index (χ1) is 5.60. The molecule has 0 spiro atoms. The van der Waals surface area contributed by atoms with Crippen LogP contribution in [0.5, 0.6) is 0 Å². The minimum Gasteiger partial charge on any atom is -0.221 e. The van der Waals surface area contributed by atoms with Crippen LogP contribution in [-0.2, 0) is 9.84 Å². The summed E-state index contributed by atoms with van der Waals surface area (Å²) in [6.07, 6.45) is 0. The van der Waals surface area contributed by atoms with E-state index >= 15 is 0 Å². The van der Waals surface area contributed by atoms with Crippen LogP contribution in [0, 0.1) is 11.3 Å². The Balaban J connectivity index is 3.16. The average molecular weight is 202 g/mol. The number of thiazole rings is 1. The quantitative estimate of drug-likeness (QED) is 0.711. The molecule has 0 N–H and O–H groups in total. The molecule has 0 bridgehead atoms. The molecule has 0 saturated carbocycles. The van der Waals surface area contributed by atoms with Crippen molar-refractivity contribution in [3.8, 4) is 6.07 Å². The van der Waals surface area contributed by atoms with Crippen molar-refractivity contribution in [2.45, 2.75) is 11.3 Å². The van der Waals surface area contributed by atoms with Crippen molar-refractivity contribution in [1.29, 1.82) is 5.26 Å². The van der Waals surface area contributed by atoms with Gasteiger partial charge in [0.05, 0.1) is 5.75 Å². The second-order valence-corrected chi connectivity index (χ2v) is 5.32. The van der Waals surface area contributed by atoms with Crippen LogP contribution in [0.2, 0.25) is 0 Å². The lowest BCUT2D eigenvalue weighted by Gasteiger charge is -1.91. The fourth-order valence-electron chi connectivity index (χ4n) is 0.575. The molecule has 6 heteroatoms. The third-order valence-corrected chi connectivity index (χ3v) is 4.31. The van der Waals surface area contributed by atoms with E-state index in [0.717, 1.165) is 11.3 Å². The van der Waals surface area contributed by atoms with Gasteiger partial charge in [-0.05, 0) is 0 Å². The maximum Gasteiger partial charge on any atom is 0.210 e. The Kier molecular flexibility index (Phi) is 2.45. The fourth-order valence-corrected chi connectivity index (χ4v) is 2.61. The Morgan fingerprint density at radius 2 is 2.42 bits per heavy atom. The third kappa shape index (κ3) is 1.62. The molecule has 0 amide bonds. The number of nitriles is 1. The van der Waals surface area contributed by atoms with Gasteiger partial charge in [0.25, 0.3) is 0 Å². The van der Waals surface area contributed by atoms with Crippen LogP contribution in [0.4, 0.5) is 0 Å². The molecule has 1 aromatic rings. The highest BCUT2D eigenvalue weighted by Crippen LogP contribution is 2.16. The van der Waals surface area contributed by atoms with Gasteiger partial charge in [0.2, 0.25) is 14.2 Å². The van der Waals surface area contributed by atoms with Gasteiger partial charge in [0.15, 0.2) is 5.69 Å². The van der Waals surface area contributed by atoms with Gasteiger partial charge in [-0.1, -0.05) is 6.92 Å². The fraction of sp³-hybridized carbons (Fsp3) is 0.333. The summed E-state index contributed by atoms with van der Waals surface area (Å²) >= 11 is 0.984. The van der Waals surface area contributed by atoms with Crippen LogP contribution >= 0.6 is 11.3 Å². The third-order valence-electron chi connectivity index (χ3n) is 1.24. The van der Waals surface area contributed by atoms with Crippen molar-refractivity contribution < 1.29 is 8.42 Å². The van der Waals surface area contributed by atoms with Crippen LogP contribution in [0.3, 0.4) is 0 Å². The zero-order valence-corrected chi connectivity index (χ0v) is 7.94. The van der Waals surface area contributed by atoms with E-state index in [1.165, 1.54) is 5.38 Å². The van der Waals surface area contributed by atoms with E-state index in [2.05, 4.69) is 4.98 Å². The van der Waals surface area contributed by atoms with Crippen molar-refractivity contribution >= 4 is 21.2 Å². The van der Waals surface area contributed by atoms with Crippen molar-refractivity contribution in [3.63, 3.8) is 0 Å². The SMILES string of the molecule is CCS(=O)(=O)c1nc(C#N)cs1. The summed E-state index contributed by atoms with van der Waals surface area (Å²) in [5, 5.41) is 9.82. The van der Waals surface area contributed by atoms with Crippen LogP contribution in [-0.4, -0.2) is 19.2 Å². The van der Waals surface area contributed by atoms with Gasteiger partial charge in [0.1, 0.15) is 6.07 Å². The molecule has 12 heavy (non-hydrogen) atoms. The summed E-state index contributed by atoms with van der Waals surface area (Å²) in [7, 11) is -3.23. The van der Waals surface area contributed by atoms with E-state index in [1.54, 1.807) is 13.0 Å². The molecule has 4 nitrogen and oxygen atoms in total. The molecule has 0 radical (unpaired) electrons. The number of nitrogens with zero attached hydrogens (tertiary/aromatic N) is 2. The Hall–Kier alpha value is -0.930. The molecule has 0 fully saturated rings. The van der Waals surface area contributed by atoms with E-state index in [0.29, 0.717) is 0 Å². The smallest absolute Gasteiger partial charge is 0.210 e. The molecular weight excluding hydrogens is 196 g/mol. The first-order valence-corrected chi connectivity index (χ1v) is 5.71. The predicted molar refractivity (Wildman–Crippen MR) is 44.6 cm³/mol. The largest absolute Gasteiger partial charge is 0.221 e. The lowest BCUT2D eigenvalue weighted by molar-refractivity contribution is 0.596. The predicted octanol–water partition coefficient (Wildman–Crippen LogP) is 0.808. The van der Waals surface area contributed by atoms with E-state index in [4.69, 9.17) is 5.26 Å². The van der Waals surface area contributed by atoms with Crippen molar-refractivity contribution in [3.05, 3.63) is 11.1 Å². The van der Waals surface area contributed by atoms with Gasteiger partial charge in [-0.2, -0.15) is 5.26 Å². The maximum absolute atomic E-state index is 11.2. The molecule has 1 rings (SSSR count). The molecular formula is C6H6N2O2S2. The molecule has 0 unspecified atom stereocenters.